The maximum Gasteiger partial charge on any atom is 0.328 e. The Bertz CT molecular complexity index is 591. The van der Waals surface area contributed by atoms with Crippen LogP contribution in [0.25, 0.3) is 11.0 Å². The van der Waals surface area contributed by atoms with Gasteiger partial charge in [-0.2, -0.15) is 0 Å². The predicted molar refractivity (Wildman–Crippen MR) is 65.0 cm³/mol. The van der Waals surface area contributed by atoms with Crippen molar-refractivity contribution in [3.63, 3.8) is 0 Å². The highest BCUT2D eigenvalue weighted by Gasteiger charge is 2.17. The Morgan fingerprint density at radius 2 is 2.22 bits per heavy atom. The van der Waals surface area contributed by atoms with Crippen LogP contribution >= 0.6 is 0 Å². The van der Waals surface area contributed by atoms with Gasteiger partial charge in [0, 0.05) is 5.56 Å². The molecule has 1 amide bonds. The number of nitrogens with zero attached hydrogens (tertiary/aromatic N) is 1. The van der Waals surface area contributed by atoms with Crippen molar-refractivity contribution < 1.29 is 14.3 Å². The van der Waals surface area contributed by atoms with Gasteiger partial charge < -0.3 is 15.0 Å². The molecule has 1 atom stereocenters. The fourth-order valence-corrected chi connectivity index (χ4v) is 1.59. The Labute approximate surface area is 103 Å². The summed E-state index contributed by atoms with van der Waals surface area (Å²) in [5.41, 5.74) is 2.02. The van der Waals surface area contributed by atoms with Crippen LogP contribution in [-0.2, 0) is 9.53 Å². The number of aromatic amines is 1. The number of ether oxygens (including phenoxy) is 1. The minimum atomic E-state index is -0.681. The second-order valence-electron chi connectivity index (χ2n) is 3.85. The molecule has 1 heterocycles. The van der Waals surface area contributed by atoms with Gasteiger partial charge in [0.15, 0.2) is 0 Å². The van der Waals surface area contributed by atoms with Crippen LogP contribution in [0.2, 0.25) is 0 Å². The molecule has 0 fully saturated rings. The van der Waals surface area contributed by atoms with E-state index in [2.05, 4.69) is 20.0 Å². The van der Waals surface area contributed by atoms with E-state index in [9.17, 15) is 9.59 Å². The van der Waals surface area contributed by atoms with Crippen LogP contribution < -0.4 is 5.32 Å². The summed E-state index contributed by atoms with van der Waals surface area (Å²) in [6, 6.07) is 4.40. The van der Waals surface area contributed by atoms with Crippen LogP contribution in [-0.4, -0.2) is 35.0 Å². The topological polar surface area (TPSA) is 84.1 Å². The normalized spacial score (nSPS) is 12.1. The smallest absolute Gasteiger partial charge is 0.328 e. The van der Waals surface area contributed by atoms with E-state index in [1.165, 1.54) is 7.11 Å². The second kappa shape index (κ2) is 4.87. The zero-order chi connectivity index (χ0) is 13.1. The highest BCUT2D eigenvalue weighted by atomic mass is 16.5. The molecule has 0 spiro atoms. The van der Waals surface area contributed by atoms with Gasteiger partial charge in [-0.05, 0) is 25.1 Å². The third-order valence-corrected chi connectivity index (χ3v) is 2.58. The first-order chi connectivity index (χ1) is 8.61. The van der Waals surface area contributed by atoms with Crippen molar-refractivity contribution in [1.82, 2.24) is 15.3 Å². The van der Waals surface area contributed by atoms with Crippen LogP contribution in [0.5, 0.6) is 0 Å². The van der Waals surface area contributed by atoms with Crippen molar-refractivity contribution in [2.45, 2.75) is 13.0 Å². The molecule has 94 valence electrons. The molecule has 0 bridgehead atoms. The molecule has 2 aromatic rings. The molecule has 0 aliphatic heterocycles. The maximum atomic E-state index is 11.9. The average Bonchev–Trinajstić information content (AvgIpc) is 2.84. The molecule has 0 radical (unpaired) electrons. The lowest BCUT2D eigenvalue weighted by atomic mass is 10.2. The van der Waals surface area contributed by atoms with Crippen molar-refractivity contribution in [2.24, 2.45) is 0 Å². The number of carbonyl (C=O) groups excluding carboxylic acids is 2. The fraction of sp³-hybridized carbons (Fsp3) is 0.250. The Hall–Kier alpha value is -2.37. The lowest BCUT2D eigenvalue weighted by molar-refractivity contribution is -0.142. The van der Waals surface area contributed by atoms with Gasteiger partial charge in [-0.15, -0.1) is 0 Å². The van der Waals surface area contributed by atoms with Crippen LogP contribution in [0.15, 0.2) is 24.5 Å². The summed E-state index contributed by atoms with van der Waals surface area (Å²) < 4.78 is 4.54. The Balaban J connectivity index is 2.15. The third-order valence-electron chi connectivity index (χ3n) is 2.58. The van der Waals surface area contributed by atoms with Crippen molar-refractivity contribution >= 4 is 22.9 Å². The van der Waals surface area contributed by atoms with Gasteiger partial charge in [0.25, 0.3) is 5.91 Å². The van der Waals surface area contributed by atoms with Gasteiger partial charge in [0.2, 0.25) is 0 Å². The van der Waals surface area contributed by atoms with Crippen LogP contribution in [0, 0.1) is 0 Å². The van der Waals surface area contributed by atoms with E-state index in [0.29, 0.717) is 5.56 Å². The van der Waals surface area contributed by atoms with Crippen LogP contribution in [0.3, 0.4) is 0 Å². The number of fused-ring (bicyclic) bond motifs is 1. The Kier molecular flexibility index (Phi) is 3.27. The molecule has 1 unspecified atom stereocenters. The van der Waals surface area contributed by atoms with Crippen molar-refractivity contribution in [3.05, 3.63) is 30.1 Å². The van der Waals surface area contributed by atoms with Crippen LogP contribution in [0.4, 0.5) is 0 Å². The number of H-pyrrole nitrogens is 1. The summed E-state index contributed by atoms with van der Waals surface area (Å²) in [5.74, 6) is -0.810. The van der Waals surface area contributed by atoms with E-state index < -0.39 is 12.0 Å². The zero-order valence-corrected chi connectivity index (χ0v) is 10.1. The minimum absolute atomic E-state index is 0.329. The summed E-state index contributed by atoms with van der Waals surface area (Å²) in [4.78, 5) is 30.1. The van der Waals surface area contributed by atoms with Crippen molar-refractivity contribution in [1.29, 1.82) is 0 Å². The molecule has 18 heavy (non-hydrogen) atoms. The SMILES string of the molecule is COC(=O)C(C)NC(=O)c1ccc2nc[nH]c2c1. The predicted octanol–water partition coefficient (Wildman–Crippen LogP) is 0.854. The first kappa shape index (κ1) is 12.1. The fourth-order valence-electron chi connectivity index (χ4n) is 1.59. The first-order valence-corrected chi connectivity index (χ1v) is 5.43. The molecule has 0 aliphatic rings. The molecule has 0 saturated heterocycles. The zero-order valence-electron chi connectivity index (χ0n) is 10.1. The molecule has 1 aromatic heterocycles. The third kappa shape index (κ3) is 2.32. The molecular formula is C12H13N3O3. The molecule has 0 saturated carbocycles. The van der Waals surface area contributed by atoms with E-state index in [-0.39, 0.29) is 5.91 Å². The number of aromatic nitrogens is 2. The highest BCUT2D eigenvalue weighted by Crippen LogP contribution is 2.11. The number of benzene rings is 1. The lowest BCUT2D eigenvalue weighted by Gasteiger charge is -2.11. The van der Waals surface area contributed by atoms with Gasteiger partial charge in [-0.3, -0.25) is 4.79 Å². The summed E-state index contributed by atoms with van der Waals surface area (Å²) >= 11 is 0. The number of esters is 1. The average molecular weight is 247 g/mol. The monoisotopic (exact) mass is 247 g/mol. The molecule has 6 nitrogen and oxygen atoms in total. The largest absolute Gasteiger partial charge is 0.467 e. The quantitative estimate of drug-likeness (QED) is 0.788. The second-order valence-corrected chi connectivity index (χ2v) is 3.85. The van der Waals surface area contributed by atoms with E-state index in [1.54, 1.807) is 31.5 Å². The molecule has 0 aliphatic carbocycles. The number of methoxy groups -OCH3 is 1. The van der Waals surface area contributed by atoms with Gasteiger partial charge in [0.1, 0.15) is 6.04 Å². The maximum absolute atomic E-state index is 11.9. The van der Waals surface area contributed by atoms with Crippen molar-refractivity contribution in [3.8, 4) is 0 Å². The summed E-state index contributed by atoms with van der Waals surface area (Å²) in [6.45, 7) is 1.57. The number of nitrogens with one attached hydrogen (secondary N) is 2. The molecular weight excluding hydrogens is 234 g/mol. The number of rotatable bonds is 3. The number of hydrogen-bond donors (Lipinski definition) is 2. The van der Waals surface area contributed by atoms with E-state index >= 15 is 0 Å². The van der Waals surface area contributed by atoms with Gasteiger partial charge in [-0.1, -0.05) is 0 Å². The van der Waals surface area contributed by atoms with Gasteiger partial charge >= 0.3 is 5.97 Å². The molecule has 6 heteroatoms. The summed E-state index contributed by atoms with van der Waals surface area (Å²) in [6.07, 6.45) is 1.56. The number of carbonyl (C=O) groups is 2. The van der Waals surface area contributed by atoms with E-state index in [1.807, 2.05) is 0 Å². The molecule has 2 N–H and O–H groups in total. The summed E-state index contributed by atoms with van der Waals surface area (Å²) in [7, 11) is 1.28. The number of amides is 1. The Morgan fingerprint density at radius 1 is 1.44 bits per heavy atom. The van der Waals surface area contributed by atoms with Gasteiger partial charge in [0.05, 0.1) is 24.5 Å². The minimum Gasteiger partial charge on any atom is -0.467 e. The lowest BCUT2D eigenvalue weighted by Crippen LogP contribution is -2.39. The van der Waals surface area contributed by atoms with E-state index in [0.717, 1.165) is 11.0 Å². The Morgan fingerprint density at radius 3 is 2.94 bits per heavy atom. The van der Waals surface area contributed by atoms with Gasteiger partial charge in [-0.25, -0.2) is 9.78 Å². The van der Waals surface area contributed by atoms with Crippen LogP contribution in [0.1, 0.15) is 17.3 Å². The standard InChI is InChI=1S/C12H13N3O3/c1-7(12(17)18-2)15-11(16)8-3-4-9-10(5-8)14-6-13-9/h3-7H,1-2H3,(H,13,14)(H,15,16). The molecule has 2 rings (SSSR count). The number of imidazole rings is 1. The number of hydrogen-bond acceptors (Lipinski definition) is 4. The van der Waals surface area contributed by atoms with E-state index in [4.69, 9.17) is 0 Å². The summed E-state index contributed by atoms with van der Waals surface area (Å²) in [5, 5.41) is 2.56. The highest BCUT2D eigenvalue weighted by molar-refractivity contribution is 5.99. The molecule has 1 aromatic carbocycles. The first-order valence-electron chi connectivity index (χ1n) is 5.43. The van der Waals surface area contributed by atoms with Crippen molar-refractivity contribution in [2.75, 3.05) is 7.11 Å².